The minimum Gasteiger partial charge on any atom is -0.349 e. The third-order valence-electron chi connectivity index (χ3n) is 8.10. The number of nitrogens with one attached hydrogen (secondary N) is 1. The summed E-state index contributed by atoms with van der Waals surface area (Å²) >= 11 is 5.88. The van der Waals surface area contributed by atoms with Gasteiger partial charge in [-0.1, -0.05) is 17.7 Å². The average Bonchev–Trinajstić information content (AvgIpc) is 3.42. The third-order valence-corrected chi connectivity index (χ3v) is 8.31. The second-order valence-electron chi connectivity index (χ2n) is 10.7. The van der Waals surface area contributed by atoms with Gasteiger partial charge in [0.15, 0.2) is 0 Å². The van der Waals surface area contributed by atoms with Crippen molar-refractivity contribution in [2.24, 2.45) is 5.92 Å². The topological polar surface area (TPSA) is 104 Å². The molecule has 0 atom stereocenters. The number of rotatable bonds is 6. The number of hydrogen-bond acceptors (Lipinski definition) is 7. The first kappa shape index (κ1) is 26.5. The van der Waals surface area contributed by atoms with Crippen LogP contribution in [0.5, 0.6) is 0 Å². The molecule has 2 amide bonds. The average molecular weight is 575 g/mol. The fourth-order valence-corrected chi connectivity index (χ4v) is 6.24. The standard InChI is InChI=1S/C27H26ClF3N6O3/c1-14-33-26(35-40-14)36-12-27(13-36)20-7-4-17(29)9-21(20)37(25(27)39)11-15-2-5-18(6-3-15)34-24(38)19-8-16(28)10-32-22(19)23(30)31/h4,7-10,15,18,23H,2-3,5-6,11-13H2,1H3,(H,34,38)/t15-,18-. The molecule has 2 aliphatic heterocycles. The number of anilines is 2. The van der Waals surface area contributed by atoms with Gasteiger partial charge in [-0.25, -0.2) is 13.2 Å². The Bertz CT molecular complexity index is 1470. The van der Waals surface area contributed by atoms with E-state index in [1.165, 1.54) is 18.2 Å². The molecule has 1 aliphatic carbocycles. The van der Waals surface area contributed by atoms with Gasteiger partial charge in [-0.3, -0.25) is 14.6 Å². The van der Waals surface area contributed by atoms with Crippen molar-refractivity contribution in [2.75, 3.05) is 29.4 Å². The summed E-state index contributed by atoms with van der Waals surface area (Å²) in [6.07, 6.45) is 0.825. The van der Waals surface area contributed by atoms with Crippen LogP contribution in [0.4, 0.5) is 24.8 Å². The minimum absolute atomic E-state index is 0.0759. The number of carbonyl (C=O) groups is 2. The molecule has 6 rings (SSSR count). The van der Waals surface area contributed by atoms with Crippen molar-refractivity contribution in [3.8, 4) is 0 Å². The van der Waals surface area contributed by atoms with Crippen LogP contribution in [0, 0.1) is 18.7 Å². The van der Waals surface area contributed by atoms with E-state index < -0.39 is 29.3 Å². The summed E-state index contributed by atoms with van der Waals surface area (Å²) in [5.41, 5.74) is -0.261. The Morgan fingerprint density at radius 3 is 2.65 bits per heavy atom. The van der Waals surface area contributed by atoms with Crippen LogP contribution in [0.25, 0.3) is 0 Å². The van der Waals surface area contributed by atoms with Crippen molar-refractivity contribution < 1.29 is 27.3 Å². The zero-order valence-corrected chi connectivity index (χ0v) is 22.3. The maximum Gasteiger partial charge on any atom is 0.281 e. The Kier molecular flexibility index (Phi) is 6.68. The van der Waals surface area contributed by atoms with Crippen molar-refractivity contribution >= 4 is 35.1 Å². The van der Waals surface area contributed by atoms with E-state index in [-0.39, 0.29) is 28.5 Å². The van der Waals surface area contributed by atoms with Crippen LogP contribution in [0.15, 0.2) is 35.0 Å². The zero-order valence-electron chi connectivity index (χ0n) is 21.5. The molecule has 4 heterocycles. The molecule has 3 aromatic rings. The summed E-state index contributed by atoms with van der Waals surface area (Å²) < 4.78 is 46.1. The van der Waals surface area contributed by atoms with E-state index in [9.17, 15) is 22.8 Å². The molecule has 0 bridgehead atoms. The van der Waals surface area contributed by atoms with Gasteiger partial charge in [0.2, 0.25) is 11.8 Å². The van der Waals surface area contributed by atoms with Crippen molar-refractivity contribution in [3.05, 3.63) is 64.0 Å². The largest absolute Gasteiger partial charge is 0.349 e. The molecule has 0 unspecified atom stereocenters. The van der Waals surface area contributed by atoms with Gasteiger partial charge in [0, 0.05) is 38.8 Å². The summed E-state index contributed by atoms with van der Waals surface area (Å²) in [7, 11) is 0. The van der Waals surface area contributed by atoms with Gasteiger partial charge in [0.05, 0.1) is 16.3 Å². The Hall–Kier alpha value is -3.67. The molecule has 3 aliphatic rings. The number of benzene rings is 1. The highest BCUT2D eigenvalue weighted by atomic mass is 35.5. The molecule has 1 saturated carbocycles. The molecule has 1 spiro atoms. The number of aromatic nitrogens is 3. The number of hydrogen-bond donors (Lipinski definition) is 1. The number of pyridine rings is 1. The first-order chi connectivity index (χ1) is 19.1. The lowest BCUT2D eigenvalue weighted by Gasteiger charge is -2.46. The molecule has 1 saturated heterocycles. The van der Waals surface area contributed by atoms with Crippen LogP contribution < -0.4 is 15.1 Å². The summed E-state index contributed by atoms with van der Waals surface area (Å²) in [5.74, 6) is -0.141. The normalized spacial score (nSPS) is 21.6. The fraction of sp³-hybridized carbons (Fsp3) is 0.444. The van der Waals surface area contributed by atoms with Crippen LogP contribution in [-0.2, 0) is 10.2 Å². The highest BCUT2D eigenvalue weighted by molar-refractivity contribution is 6.30. The van der Waals surface area contributed by atoms with E-state index in [0.29, 0.717) is 62.8 Å². The molecule has 1 aromatic carbocycles. The molecule has 13 heteroatoms. The van der Waals surface area contributed by atoms with E-state index in [4.69, 9.17) is 16.1 Å². The van der Waals surface area contributed by atoms with Crippen molar-refractivity contribution in [1.29, 1.82) is 0 Å². The number of amides is 2. The second-order valence-corrected chi connectivity index (χ2v) is 11.1. The van der Waals surface area contributed by atoms with Crippen molar-refractivity contribution in [3.63, 3.8) is 0 Å². The summed E-state index contributed by atoms with van der Waals surface area (Å²) in [6.45, 7) is 2.87. The maximum atomic E-state index is 14.3. The molecular formula is C27H26ClF3N6O3. The van der Waals surface area contributed by atoms with Crippen molar-refractivity contribution in [2.45, 2.75) is 50.5 Å². The second kappa shape index (κ2) is 10.1. The van der Waals surface area contributed by atoms with Gasteiger partial charge < -0.3 is 19.6 Å². The van der Waals surface area contributed by atoms with Crippen LogP contribution in [-0.4, -0.2) is 52.6 Å². The number of halogens is 4. The Morgan fingerprint density at radius 1 is 1.23 bits per heavy atom. The summed E-state index contributed by atoms with van der Waals surface area (Å²) in [4.78, 5) is 38.0. The van der Waals surface area contributed by atoms with Gasteiger partial charge in [-0.2, -0.15) is 4.98 Å². The highest BCUT2D eigenvalue weighted by Crippen LogP contribution is 2.49. The number of carbonyl (C=O) groups excluding carboxylic acids is 2. The SMILES string of the molecule is Cc1nc(N2CC3(C2)C(=O)N(C[C@H]2CC[C@H](NC(=O)c4cc(Cl)cnc4C(F)F)CC2)c2cc(F)ccc23)no1. The Labute approximate surface area is 232 Å². The molecule has 40 heavy (non-hydrogen) atoms. The molecule has 1 N–H and O–H groups in total. The van der Waals surface area contributed by atoms with Gasteiger partial charge >= 0.3 is 0 Å². The number of alkyl halides is 2. The van der Waals surface area contributed by atoms with Crippen LogP contribution in [0.3, 0.4) is 0 Å². The lowest BCUT2D eigenvalue weighted by atomic mass is 9.74. The highest BCUT2D eigenvalue weighted by Gasteiger charge is 2.59. The first-order valence-electron chi connectivity index (χ1n) is 13.1. The zero-order chi connectivity index (χ0) is 28.2. The predicted octanol–water partition coefficient (Wildman–Crippen LogP) is 4.60. The van der Waals surface area contributed by atoms with Crippen LogP contribution in [0.1, 0.15) is 59.6 Å². The lowest BCUT2D eigenvalue weighted by molar-refractivity contribution is -0.124. The van der Waals surface area contributed by atoms with Gasteiger partial charge in [0.1, 0.15) is 16.9 Å². The fourth-order valence-electron chi connectivity index (χ4n) is 6.08. The van der Waals surface area contributed by atoms with Crippen LogP contribution in [0.2, 0.25) is 5.02 Å². The molecular weight excluding hydrogens is 549 g/mol. The molecule has 210 valence electrons. The number of fused-ring (bicyclic) bond motifs is 2. The monoisotopic (exact) mass is 574 g/mol. The smallest absolute Gasteiger partial charge is 0.281 e. The van der Waals surface area contributed by atoms with Gasteiger partial charge in [-0.05, 0) is 60.5 Å². The summed E-state index contributed by atoms with van der Waals surface area (Å²) in [6, 6.07) is 5.46. The van der Waals surface area contributed by atoms with Gasteiger partial charge in [0.25, 0.3) is 18.3 Å². The molecule has 2 aromatic heterocycles. The number of aryl methyl sites for hydroxylation is 1. The first-order valence-corrected chi connectivity index (χ1v) is 13.4. The Balaban J connectivity index is 1.11. The predicted molar refractivity (Wildman–Crippen MR) is 139 cm³/mol. The summed E-state index contributed by atoms with van der Waals surface area (Å²) in [5, 5.41) is 6.88. The van der Waals surface area contributed by atoms with E-state index >= 15 is 0 Å². The van der Waals surface area contributed by atoms with E-state index in [2.05, 4.69) is 20.4 Å². The molecule has 0 radical (unpaired) electrons. The maximum absolute atomic E-state index is 14.3. The molecule has 2 fully saturated rings. The van der Waals surface area contributed by atoms with E-state index in [1.807, 2.05) is 4.90 Å². The minimum atomic E-state index is -2.90. The van der Waals surface area contributed by atoms with Crippen LogP contribution >= 0.6 is 11.6 Å². The van der Waals surface area contributed by atoms with Gasteiger partial charge in [-0.15, -0.1) is 0 Å². The molecule has 9 nitrogen and oxygen atoms in total. The third kappa shape index (κ3) is 4.57. The van der Waals surface area contributed by atoms with Crippen molar-refractivity contribution in [1.82, 2.24) is 20.4 Å². The van der Waals surface area contributed by atoms with E-state index in [1.54, 1.807) is 17.9 Å². The van der Waals surface area contributed by atoms with E-state index in [0.717, 1.165) is 11.8 Å². The number of nitrogens with zero attached hydrogens (tertiary/aromatic N) is 5. The quantitative estimate of drug-likeness (QED) is 0.459. The Morgan fingerprint density at radius 2 is 1.98 bits per heavy atom. The lowest BCUT2D eigenvalue weighted by Crippen LogP contribution is -2.64.